The van der Waals surface area contributed by atoms with Gasteiger partial charge in [-0.2, -0.15) is 0 Å². The summed E-state index contributed by atoms with van der Waals surface area (Å²) in [6.07, 6.45) is 2.82. The first-order valence-electron chi connectivity index (χ1n) is 8.52. The van der Waals surface area contributed by atoms with Crippen LogP contribution >= 0.6 is 24.0 Å². The van der Waals surface area contributed by atoms with Crippen LogP contribution in [-0.2, 0) is 11.2 Å². The molecule has 0 saturated carbocycles. The van der Waals surface area contributed by atoms with E-state index in [1.807, 2.05) is 6.07 Å². The predicted octanol–water partition coefficient (Wildman–Crippen LogP) is 2.51. The first-order chi connectivity index (χ1) is 11.7. The van der Waals surface area contributed by atoms with E-state index in [9.17, 15) is 4.39 Å². The zero-order valence-electron chi connectivity index (χ0n) is 15.6. The number of hydrogen-bond donors (Lipinski definition) is 2. The van der Waals surface area contributed by atoms with Crippen molar-refractivity contribution < 1.29 is 9.13 Å². The summed E-state index contributed by atoms with van der Waals surface area (Å²) >= 11 is 0. The van der Waals surface area contributed by atoms with Crippen LogP contribution in [0.25, 0.3) is 0 Å². The monoisotopic (exact) mass is 466 g/mol. The van der Waals surface area contributed by atoms with E-state index in [1.54, 1.807) is 26.3 Å². The molecule has 1 aromatic rings. The smallest absolute Gasteiger partial charge is 0.191 e. The predicted molar refractivity (Wildman–Crippen MR) is 113 cm³/mol. The molecule has 2 N–H and O–H groups in total. The second-order valence-electron chi connectivity index (χ2n) is 5.81. The van der Waals surface area contributed by atoms with E-state index < -0.39 is 0 Å². The minimum atomic E-state index is -0.174. The molecule has 0 aromatic heterocycles. The van der Waals surface area contributed by atoms with Gasteiger partial charge in [0, 0.05) is 46.9 Å². The number of benzene rings is 1. The minimum absolute atomic E-state index is 0. The van der Waals surface area contributed by atoms with Crippen molar-refractivity contribution in [2.24, 2.45) is 4.99 Å². The van der Waals surface area contributed by atoms with Crippen LogP contribution in [-0.4, -0.2) is 64.9 Å². The molecule has 25 heavy (non-hydrogen) atoms. The molecule has 1 aromatic carbocycles. The maximum atomic E-state index is 13.1. The van der Waals surface area contributed by atoms with E-state index >= 15 is 0 Å². The third-order valence-corrected chi connectivity index (χ3v) is 3.72. The molecule has 5 nitrogen and oxygen atoms in total. The van der Waals surface area contributed by atoms with Crippen LogP contribution in [0.4, 0.5) is 4.39 Å². The van der Waals surface area contributed by atoms with Crippen LogP contribution in [0, 0.1) is 5.82 Å². The van der Waals surface area contributed by atoms with Crippen molar-refractivity contribution in [3.63, 3.8) is 0 Å². The first kappa shape index (κ1) is 24.1. The van der Waals surface area contributed by atoms with Crippen LogP contribution < -0.4 is 10.6 Å². The fourth-order valence-electron chi connectivity index (χ4n) is 2.37. The van der Waals surface area contributed by atoms with Crippen LogP contribution in [0.15, 0.2) is 29.3 Å². The Bertz CT molecular complexity index is 488. The van der Waals surface area contributed by atoms with Gasteiger partial charge in [0.15, 0.2) is 5.96 Å². The Kier molecular flexibility index (Phi) is 14.8. The lowest BCUT2D eigenvalue weighted by atomic mass is 10.1. The summed E-state index contributed by atoms with van der Waals surface area (Å²) in [5, 5.41) is 6.59. The van der Waals surface area contributed by atoms with Gasteiger partial charge in [-0.05, 0) is 44.0 Å². The summed E-state index contributed by atoms with van der Waals surface area (Å²) in [6, 6.07) is 6.77. The third kappa shape index (κ3) is 12.1. The number of hydrogen-bond acceptors (Lipinski definition) is 3. The normalized spacial score (nSPS) is 11.3. The standard InChI is InChI=1S/C18H31FN4O.HI/c1-20-18(22-11-13-23(2)12-6-14-24-3)21-10-5-8-16-7-4-9-17(19)15-16;/h4,7,9,15H,5-6,8,10-14H2,1-3H3,(H2,20,21,22);1H. The number of ether oxygens (including phenoxy) is 1. The van der Waals surface area contributed by atoms with Crippen molar-refractivity contribution in [2.45, 2.75) is 19.3 Å². The number of aliphatic imine (C=N–C) groups is 1. The van der Waals surface area contributed by atoms with E-state index in [2.05, 4.69) is 27.6 Å². The number of nitrogens with zero attached hydrogens (tertiary/aromatic N) is 2. The Balaban J connectivity index is 0.00000576. The topological polar surface area (TPSA) is 48.9 Å². The Morgan fingerprint density at radius 3 is 2.64 bits per heavy atom. The average Bonchev–Trinajstić information content (AvgIpc) is 2.57. The molecular formula is C18H32FIN4O. The second-order valence-corrected chi connectivity index (χ2v) is 5.81. The fourth-order valence-corrected chi connectivity index (χ4v) is 2.37. The molecule has 0 amide bonds. The van der Waals surface area contributed by atoms with Gasteiger partial charge in [-0.15, -0.1) is 24.0 Å². The molecule has 0 aliphatic carbocycles. The first-order valence-corrected chi connectivity index (χ1v) is 8.52. The van der Waals surface area contributed by atoms with Gasteiger partial charge >= 0.3 is 0 Å². The van der Waals surface area contributed by atoms with E-state index in [0.29, 0.717) is 0 Å². The molecule has 1 rings (SSSR count). The van der Waals surface area contributed by atoms with Gasteiger partial charge in [0.05, 0.1) is 0 Å². The van der Waals surface area contributed by atoms with E-state index in [4.69, 9.17) is 4.74 Å². The molecule has 0 aliphatic rings. The van der Waals surface area contributed by atoms with Gasteiger partial charge in [0.2, 0.25) is 0 Å². The minimum Gasteiger partial charge on any atom is -0.385 e. The van der Waals surface area contributed by atoms with Crippen LogP contribution in [0.2, 0.25) is 0 Å². The lowest BCUT2D eigenvalue weighted by molar-refractivity contribution is 0.180. The number of halogens is 2. The zero-order chi connectivity index (χ0) is 17.6. The maximum absolute atomic E-state index is 13.1. The van der Waals surface area contributed by atoms with Crippen molar-refractivity contribution in [1.82, 2.24) is 15.5 Å². The molecule has 0 heterocycles. The molecule has 0 atom stereocenters. The highest BCUT2D eigenvalue weighted by molar-refractivity contribution is 14.0. The van der Waals surface area contributed by atoms with Crippen molar-refractivity contribution in [1.29, 1.82) is 0 Å². The van der Waals surface area contributed by atoms with Crippen molar-refractivity contribution in [3.05, 3.63) is 35.6 Å². The summed E-state index contributed by atoms with van der Waals surface area (Å²) in [5.41, 5.74) is 1.03. The molecule has 0 bridgehead atoms. The lowest BCUT2D eigenvalue weighted by Gasteiger charge is -2.18. The number of aryl methyl sites for hydroxylation is 1. The highest BCUT2D eigenvalue weighted by Crippen LogP contribution is 2.05. The molecule has 0 spiro atoms. The third-order valence-electron chi connectivity index (χ3n) is 3.72. The number of rotatable bonds is 11. The van der Waals surface area contributed by atoms with Gasteiger partial charge < -0.3 is 20.3 Å². The lowest BCUT2D eigenvalue weighted by Crippen LogP contribution is -2.41. The highest BCUT2D eigenvalue weighted by Gasteiger charge is 2.01. The number of likely N-dealkylation sites (N-methyl/N-ethyl adjacent to an activating group) is 1. The Morgan fingerprint density at radius 2 is 1.96 bits per heavy atom. The van der Waals surface area contributed by atoms with Gasteiger partial charge in [-0.3, -0.25) is 4.99 Å². The second kappa shape index (κ2) is 15.3. The molecule has 0 radical (unpaired) electrons. The quantitative estimate of drug-likeness (QED) is 0.228. The summed E-state index contributed by atoms with van der Waals surface area (Å²) in [4.78, 5) is 6.48. The van der Waals surface area contributed by atoms with Crippen molar-refractivity contribution >= 4 is 29.9 Å². The molecule has 0 saturated heterocycles. The summed E-state index contributed by atoms with van der Waals surface area (Å²) in [6.45, 7) is 4.42. The Labute approximate surface area is 168 Å². The zero-order valence-corrected chi connectivity index (χ0v) is 17.9. The number of nitrogens with one attached hydrogen (secondary N) is 2. The van der Waals surface area contributed by atoms with Gasteiger partial charge in [-0.1, -0.05) is 12.1 Å². The molecule has 144 valence electrons. The summed E-state index contributed by atoms with van der Waals surface area (Å²) in [5.74, 6) is 0.632. The van der Waals surface area contributed by atoms with Gasteiger partial charge in [0.25, 0.3) is 0 Å². The van der Waals surface area contributed by atoms with Crippen molar-refractivity contribution in [3.8, 4) is 0 Å². The number of methoxy groups -OCH3 is 1. The molecule has 0 unspecified atom stereocenters. The highest BCUT2D eigenvalue weighted by atomic mass is 127. The number of guanidine groups is 1. The largest absolute Gasteiger partial charge is 0.385 e. The van der Waals surface area contributed by atoms with E-state index in [-0.39, 0.29) is 29.8 Å². The fraction of sp³-hybridized carbons (Fsp3) is 0.611. The SMILES string of the molecule is CN=C(NCCCc1cccc(F)c1)NCCN(C)CCCOC.I. The van der Waals surface area contributed by atoms with E-state index in [0.717, 1.165) is 63.6 Å². The van der Waals surface area contributed by atoms with Gasteiger partial charge in [-0.25, -0.2) is 4.39 Å². The van der Waals surface area contributed by atoms with Gasteiger partial charge in [0.1, 0.15) is 5.82 Å². The van der Waals surface area contributed by atoms with Crippen LogP contribution in [0.3, 0.4) is 0 Å². The molecule has 7 heteroatoms. The van der Waals surface area contributed by atoms with Crippen LogP contribution in [0.5, 0.6) is 0 Å². The summed E-state index contributed by atoms with van der Waals surface area (Å²) < 4.78 is 18.2. The Hall–Kier alpha value is -0.930. The summed E-state index contributed by atoms with van der Waals surface area (Å²) in [7, 11) is 5.60. The van der Waals surface area contributed by atoms with Crippen LogP contribution in [0.1, 0.15) is 18.4 Å². The maximum Gasteiger partial charge on any atom is 0.191 e. The molecule has 0 aliphatic heterocycles. The molecule has 0 fully saturated rings. The van der Waals surface area contributed by atoms with E-state index in [1.165, 1.54) is 6.07 Å². The molecular weight excluding hydrogens is 434 g/mol. The van der Waals surface area contributed by atoms with Crippen molar-refractivity contribution in [2.75, 3.05) is 54.0 Å². The Morgan fingerprint density at radius 1 is 1.20 bits per heavy atom. The average molecular weight is 466 g/mol.